The summed E-state index contributed by atoms with van der Waals surface area (Å²) in [6, 6.07) is 6.89. The average Bonchev–Trinajstić information content (AvgIpc) is 2.99. The summed E-state index contributed by atoms with van der Waals surface area (Å²) < 4.78 is 23.9. The lowest BCUT2D eigenvalue weighted by atomic mass is 10.1. The van der Waals surface area contributed by atoms with Gasteiger partial charge in [0.15, 0.2) is 5.82 Å². The fourth-order valence-corrected chi connectivity index (χ4v) is 2.71. The van der Waals surface area contributed by atoms with Crippen LogP contribution in [0.2, 0.25) is 0 Å². The summed E-state index contributed by atoms with van der Waals surface area (Å²) in [6.07, 6.45) is 2.89. The van der Waals surface area contributed by atoms with Gasteiger partial charge < -0.3 is 14.2 Å². The van der Waals surface area contributed by atoms with Crippen molar-refractivity contribution in [3.05, 3.63) is 41.5 Å². The topological polar surface area (TPSA) is 51.4 Å². The first-order valence-corrected chi connectivity index (χ1v) is 7.68. The van der Waals surface area contributed by atoms with Gasteiger partial charge in [-0.15, -0.1) is 0 Å². The molecular formula is C16H20FN3O2. The van der Waals surface area contributed by atoms with Crippen molar-refractivity contribution in [2.24, 2.45) is 0 Å². The first kappa shape index (κ1) is 15.0. The second kappa shape index (κ2) is 6.87. The number of hydrogen-bond acceptors (Lipinski definition) is 5. The van der Waals surface area contributed by atoms with E-state index in [1.807, 2.05) is 6.92 Å². The molecule has 3 rings (SSSR count). The van der Waals surface area contributed by atoms with E-state index in [9.17, 15) is 4.39 Å². The van der Waals surface area contributed by atoms with E-state index in [-0.39, 0.29) is 11.9 Å². The van der Waals surface area contributed by atoms with Crippen molar-refractivity contribution in [2.45, 2.75) is 32.3 Å². The highest BCUT2D eigenvalue weighted by molar-refractivity contribution is 5.28. The maximum absolute atomic E-state index is 12.9. The number of ether oxygens (including phenoxy) is 1. The number of rotatable bonds is 5. The molecule has 1 unspecified atom stereocenters. The van der Waals surface area contributed by atoms with Crippen molar-refractivity contribution in [1.82, 2.24) is 10.1 Å². The molecule has 0 aliphatic carbocycles. The van der Waals surface area contributed by atoms with Gasteiger partial charge in [-0.2, -0.15) is 4.98 Å². The number of benzene rings is 1. The Morgan fingerprint density at radius 1 is 1.36 bits per heavy atom. The summed E-state index contributed by atoms with van der Waals surface area (Å²) in [4.78, 5) is 6.52. The first-order valence-electron chi connectivity index (χ1n) is 7.68. The smallest absolute Gasteiger partial charge is 0.324 e. The van der Waals surface area contributed by atoms with Crippen LogP contribution in [-0.2, 0) is 11.2 Å². The Morgan fingerprint density at radius 3 is 2.95 bits per heavy atom. The van der Waals surface area contributed by atoms with E-state index in [4.69, 9.17) is 9.26 Å². The van der Waals surface area contributed by atoms with Crippen LogP contribution in [0.4, 0.5) is 10.4 Å². The molecule has 5 nitrogen and oxygen atoms in total. The third kappa shape index (κ3) is 3.62. The van der Waals surface area contributed by atoms with E-state index in [1.54, 1.807) is 12.1 Å². The van der Waals surface area contributed by atoms with E-state index < -0.39 is 0 Å². The van der Waals surface area contributed by atoms with Crippen LogP contribution in [0, 0.1) is 5.82 Å². The van der Waals surface area contributed by atoms with Gasteiger partial charge in [0.1, 0.15) is 5.82 Å². The van der Waals surface area contributed by atoms with Crippen molar-refractivity contribution in [3.8, 4) is 0 Å². The third-order valence-electron chi connectivity index (χ3n) is 3.78. The van der Waals surface area contributed by atoms with E-state index in [2.05, 4.69) is 15.0 Å². The zero-order valence-electron chi connectivity index (χ0n) is 12.7. The normalized spacial score (nSPS) is 18.6. The van der Waals surface area contributed by atoms with Crippen LogP contribution in [0.25, 0.3) is 0 Å². The molecule has 0 bridgehead atoms. The molecule has 1 aromatic heterocycles. The minimum Gasteiger partial charge on any atom is -0.377 e. The van der Waals surface area contributed by atoms with Crippen molar-refractivity contribution < 1.29 is 13.7 Å². The number of hydrogen-bond donors (Lipinski definition) is 0. The van der Waals surface area contributed by atoms with Gasteiger partial charge >= 0.3 is 6.01 Å². The van der Waals surface area contributed by atoms with Crippen LogP contribution in [0.3, 0.4) is 0 Å². The molecule has 0 saturated carbocycles. The maximum Gasteiger partial charge on any atom is 0.324 e. The second-order valence-electron chi connectivity index (χ2n) is 5.46. The molecule has 0 amide bonds. The fraction of sp³-hybridized carbons (Fsp3) is 0.500. The van der Waals surface area contributed by atoms with E-state index in [1.165, 1.54) is 12.1 Å². The SMILES string of the molecule is CCOC1CCCN(c2nc(Cc3ccc(F)cc3)no2)C1. The molecule has 1 aliphatic rings. The van der Waals surface area contributed by atoms with E-state index in [0.717, 1.165) is 38.1 Å². The van der Waals surface area contributed by atoms with Gasteiger partial charge in [-0.1, -0.05) is 17.3 Å². The summed E-state index contributed by atoms with van der Waals surface area (Å²) in [5.74, 6) is 0.368. The maximum atomic E-state index is 12.9. The summed E-state index contributed by atoms with van der Waals surface area (Å²) in [5, 5.41) is 4.02. The molecular weight excluding hydrogens is 285 g/mol. The molecule has 0 spiro atoms. The molecule has 0 radical (unpaired) electrons. The molecule has 1 saturated heterocycles. The summed E-state index contributed by atoms with van der Waals surface area (Å²) in [5.41, 5.74) is 0.958. The monoisotopic (exact) mass is 305 g/mol. The lowest BCUT2D eigenvalue weighted by Gasteiger charge is -2.30. The number of anilines is 1. The summed E-state index contributed by atoms with van der Waals surface area (Å²) in [6.45, 7) is 4.42. The highest BCUT2D eigenvalue weighted by atomic mass is 19.1. The predicted octanol–water partition coefficient (Wildman–Crippen LogP) is 2.80. The van der Waals surface area contributed by atoms with Crippen molar-refractivity contribution in [1.29, 1.82) is 0 Å². The summed E-state index contributed by atoms with van der Waals surface area (Å²) in [7, 11) is 0. The first-order chi connectivity index (χ1) is 10.7. The lowest BCUT2D eigenvalue weighted by Crippen LogP contribution is -2.39. The Kier molecular flexibility index (Phi) is 4.68. The lowest BCUT2D eigenvalue weighted by molar-refractivity contribution is 0.0514. The molecule has 1 atom stereocenters. The summed E-state index contributed by atoms with van der Waals surface area (Å²) >= 11 is 0. The molecule has 22 heavy (non-hydrogen) atoms. The van der Waals surface area contributed by atoms with Crippen LogP contribution < -0.4 is 4.90 Å². The van der Waals surface area contributed by atoms with Gasteiger partial charge in [-0.05, 0) is 37.5 Å². The van der Waals surface area contributed by atoms with Crippen LogP contribution in [-0.4, -0.2) is 35.9 Å². The Bertz CT molecular complexity index is 598. The second-order valence-corrected chi connectivity index (χ2v) is 5.46. The van der Waals surface area contributed by atoms with Gasteiger partial charge in [-0.25, -0.2) is 4.39 Å². The number of piperidine rings is 1. The molecule has 0 N–H and O–H groups in total. The molecule has 118 valence electrons. The zero-order chi connectivity index (χ0) is 15.4. The highest BCUT2D eigenvalue weighted by Crippen LogP contribution is 2.20. The zero-order valence-corrected chi connectivity index (χ0v) is 12.7. The Labute approximate surface area is 129 Å². The quantitative estimate of drug-likeness (QED) is 0.850. The van der Waals surface area contributed by atoms with Crippen LogP contribution >= 0.6 is 0 Å². The van der Waals surface area contributed by atoms with Crippen molar-refractivity contribution >= 4 is 6.01 Å². The molecule has 2 heterocycles. The van der Waals surface area contributed by atoms with Crippen LogP contribution in [0.5, 0.6) is 0 Å². The van der Waals surface area contributed by atoms with Gasteiger partial charge in [0, 0.05) is 26.1 Å². The molecule has 1 aliphatic heterocycles. The largest absolute Gasteiger partial charge is 0.377 e. The third-order valence-corrected chi connectivity index (χ3v) is 3.78. The van der Waals surface area contributed by atoms with Crippen LogP contribution in [0.1, 0.15) is 31.2 Å². The molecule has 1 fully saturated rings. The van der Waals surface area contributed by atoms with Crippen molar-refractivity contribution in [2.75, 3.05) is 24.6 Å². The number of nitrogens with zero attached hydrogens (tertiary/aromatic N) is 3. The van der Waals surface area contributed by atoms with E-state index >= 15 is 0 Å². The predicted molar refractivity (Wildman–Crippen MR) is 80.4 cm³/mol. The molecule has 1 aromatic carbocycles. The Hall–Kier alpha value is -1.95. The van der Waals surface area contributed by atoms with Gasteiger partial charge in [0.05, 0.1) is 6.10 Å². The molecule has 6 heteroatoms. The molecule has 2 aromatic rings. The minimum atomic E-state index is -0.243. The van der Waals surface area contributed by atoms with Gasteiger partial charge in [0.25, 0.3) is 0 Å². The van der Waals surface area contributed by atoms with Crippen molar-refractivity contribution in [3.63, 3.8) is 0 Å². The van der Waals surface area contributed by atoms with Gasteiger partial charge in [-0.3, -0.25) is 0 Å². The fourth-order valence-electron chi connectivity index (χ4n) is 2.71. The Balaban J connectivity index is 1.64. The van der Waals surface area contributed by atoms with Gasteiger partial charge in [0.2, 0.25) is 0 Å². The average molecular weight is 305 g/mol. The number of aromatic nitrogens is 2. The highest BCUT2D eigenvalue weighted by Gasteiger charge is 2.24. The minimum absolute atomic E-state index is 0.228. The Morgan fingerprint density at radius 2 is 2.18 bits per heavy atom. The van der Waals surface area contributed by atoms with Crippen LogP contribution in [0.15, 0.2) is 28.8 Å². The number of halogens is 1. The van der Waals surface area contributed by atoms with E-state index in [0.29, 0.717) is 18.3 Å². The standard InChI is InChI=1S/C16H20FN3O2/c1-2-21-14-4-3-9-20(11-14)16-18-15(19-22-16)10-12-5-7-13(17)8-6-12/h5-8,14H,2-4,9-11H2,1H3.